The first kappa shape index (κ1) is 15.6. The number of halogens is 4. The molecule has 1 heterocycles. The number of nitrogen functional groups attached to an aromatic ring is 1. The van der Waals surface area contributed by atoms with Crippen molar-refractivity contribution in [2.75, 3.05) is 11.1 Å². The smallest absolute Gasteiger partial charge is 0.399 e. The maximum absolute atomic E-state index is 13.0. The van der Waals surface area contributed by atoms with Crippen molar-refractivity contribution >= 4 is 27.4 Å². The molecule has 2 aromatic rings. The Kier molecular flexibility index (Phi) is 4.41. The molecule has 1 unspecified atom stereocenters. The average Bonchev–Trinajstić information content (AvgIpc) is 2.39. The van der Waals surface area contributed by atoms with Crippen LogP contribution in [0.1, 0.15) is 24.1 Å². The van der Waals surface area contributed by atoms with Gasteiger partial charge in [-0.1, -0.05) is 12.1 Å². The highest BCUT2D eigenvalue weighted by Gasteiger charge is 2.35. The predicted molar refractivity (Wildman–Crippen MR) is 79.8 cm³/mol. The van der Waals surface area contributed by atoms with Gasteiger partial charge in [-0.15, -0.1) is 0 Å². The van der Waals surface area contributed by atoms with Crippen LogP contribution in [-0.4, -0.2) is 4.98 Å². The van der Waals surface area contributed by atoms with E-state index in [1.54, 1.807) is 31.2 Å². The fourth-order valence-electron chi connectivity index (χ4n) is 1.89. The average molecular weight is 360 g/mol. The molecule has 3 N–H and O–H groups in total. The molecule has 2 rings (SSSR count). The van der Waals surface area contributed by atoms with Gasteiger partial charge < -0.3 is 11.1 Å². The first-order valence-corrected chi connectivity index (χ1v) is 6.91. The number of benzene rings is 1. The van der Waals surface area contributed by atoms with E-state index in [2.05, 4.69) is 26.2 Å². The number of aromatic nitrogens is 1. The van der Waals surface area contributed by atoms with Gasteiger partial charge in [-0.2, -0.15) is 13.2 Å². The molecule has 1 atom stereocenters. The van der Waals surface area contributed by atoms with Crippen LogP contribution in [0, 0.1) is 0 Å². The van der Waals surface area contributed by atoms with Crippen molar-refractivity contribution in [3.05, 3.63) is 52.1 Å². The Morgan fingerprint density at radius 3 is 2.62 bits per heavy atom. The molecule has 0 amide bonds. The zero-order chi connectivity index (χ0) is 15.6. The largest absolute Gasteiger partial charge is 0.419 e. The van der Waals surface area contributed by atoms with E-state index in [0.29, 0.717) is 5.69 Å². The van der Waals surface area contributed by atoms with E-state index in [0.717, 1.165) is 11.6 Å². The summed E-state index contributed by atoms with van der Waals surface area (Å²) in [5.74, 6) is -0.208. The fraction of sp³-hybridized carbons (Fsp3) is 0.214. The van der Waals surface area contributed by atoms with Gasteiger partial charge in [-0.05, 0) is 46.6 Å². The summed E-state index contributed by atoms with van der Waals surface area (Å²) in [4.78, 5) is 3.82. The van der Waals surface area contributed by atoms with Crippen molar-refractivity contribution < 1.29 is 13.2 Å². The third-order valence-corrected chi connectivity index (χ3v) is 3.36. The maximum atomic E-state index is 13.0. The lowest BCUT2D eigenvalue weighted by atomic mass is 10.1. The van der Waals surface area contributed by atoms with Crippen LogP contribution in [0.15, 0.2) is 41.0 Å². The molecule has 1 aromatic carbocycles. The van der Waals surface area contributed by atoms with Crippen LogP contribution in [0.25, 0.3) is 0 Å². The molecule has 0 bridgehead atoms. The first-order valence-electron chi connectivity index (χ1n) is 6.12. The Hall–Kier alpha value is -1.76. The summed E-state index contributed by atoms with van der Waals surface area (Å²) >= 11 is 3.00. The van der Waals surface area contributed by atoms with Crippen LogP contribution < -0.4 is 11.1 Å². The summed E-state index contributed by atoms with van der Waals surface area (Å²) < 4.78 is 39.3. The van der Waals surface area contributed by atoms with Gasteiger partial charge in [0.15, 0.2) is 0 Å². The Labute approximate surface area is 128 Å². The summed E-state index contributed by atoms with van der Waals surface area (Å²) in [7, 11) is 0. The van der Waals surface area contributed by atoms with Crippen molar-refractivity contribution in [3.63, 3.8) is 0 Å². The highest BCUT2D eigenvalue weighted by molar-refractivity contribution is 9.10. The van der Waals surface area contributed by atoms with E-state index in [1.807, 2.05) is 0 Å². The lowest BCUT2D eigenvalue weighted by Gasteiger charge is -2.19. The van der Waals surface area contributed by atoms with Crippen LogP contribution in [0.5, 0.6) is 0 Å². The van der Waals surface area contributed by atoms with Crippen molar-refractivity contribution in [1.82, 2.24) is 4.98 Å². The molecule has 21 heavy (non-hydrogen) atoms. The number of nitrogens with two attached hydrogens (primary N) is 1. The lowest BCUT2D eigenvalue weighted by Crippen LogP contribution is -2.15. The number of anilines is 2. The lowest BCUT2D eigenvalue weighted by molar-refractivity contribution is -0.137. The summed E-state index contributed by atoms with van der Waals surface area (Å²) in [6, 6.07) is 7.62. The molecule has 0 spiro atoms. The van der Waals surface area contributed by atoms with E-state index in [-0.39, 0.29) is 16.3 Å². The first-order chi connectivity index (χ1) is 9.77. The molecular weight excluding hydrogens is 347 g/mol. The van der Waals surface area contributed by atoms with Crippen LogP contribution in [0.2, 0.25) is 0 Å². The van der Waals surface area contributed by atoms with Gasteiger partial charge in [-0.3, -0.25) is 0 Å². The predicted octanol–water partition coefficient (Wildman–Crippen LogP) is 4.62. The SMILES string of the molecule is CC(Nc1ncc(Br)cc1C(F)(F)F)c1cccc(N)c1. The second kappa shape index (κ2) is 5.93. The Balaban J connectivity index is 2.31. The number of nitrogens with zero attached hydrogens (tertiary/aromatic N) is 1. The topological polar surface area (TPSA) is 50.9 Å². The highest BCUT2D eigenvalue weighted by Crippen LogP contribution is 2.36. The van der Waals surface area contributed by atoms with Crippen LogP contribution in [0.4, 0.5) is 24.7 Å². The van der Waals surface area contributed by atoms with Gasteiger partial charge in [0.05, 0.1) is 11.6 Å². The third-order valence-electron chi connectivity index (χ3n) is 2.92. The Morgan fingerprint density at radius 2 is 2.00 bits per heavy atom. The number of alkyl halides is 3. The van der Waals surface area contributed by atoms with Crippen molar-refractivity contribution in [2.45, 2.75) is 19.1 Å². The number of hydrogen-bond acceptors (Lipinski definition) is 3. The molecular formula is C14H13BrF3N3. The van der Waals surface area contributed by atoms with E-state index in [9.17, 15) is 13.2 Å². The Morgan fingerprint density at radius 1 is 1.29 bits per heavy atom. The molecule has 0 saturated carbocycles. The number of pyridine rings is 1. The van der Waals surface area contributed by atoms with E-state index in [4.69, 9.17) is 5.73 Å². The summed E-state index contributed by atoms with van der Waals surface area (Å²) in [6.07, 6.45) is -3.15. The molecule has 112 valence electrons. The quantitative estimate of drug-likeness (QED) is 0.786. The number of rotatable bonds is 3. The Bertz CT molecular complexity index is 644. The molecule has 0 radical (unpaired) electrons. The minimum Gasteiger partial charge on any atom is -0.399 e. The van der Waals surface area contributed by atoms with Crippen molar-refractivity contribution in [1.29, 1.82) is 0 Å². The van der Waals surface area contributed by atoms with Crippen LogP contribution in [-0.2, 0) is 6.18 Å². The molecule has 7 heteroatoms. The van der Waals surface area contributed by atoms with Gasteiger partial charge in [0, 0.05) is 16.4 Å². The standard InChI is InChI=1S/C14H13BrF3N3/c1-8(9-3-2-4-11(19)5-9)21-13-12(14(16,17)18)6-10(15)7-20-13/h2-8H,19H2,1H3,(H,20,21). The van der Waals surface area contributed by atoms with E-state index >= 15 is 0 Å². The molecule has 0 saturated heterocycles. The molecule has 0 fully saturated rings. The molecule has 0 aliphatic heterocycles. The van der Waals surface area contributed by atoms with E-state index in [1.165, 1.54) is 6.20 Å². The molecule has 0 aliphatic carbocycles. The zero-order valence-electron chi connectivity index (χ0n) is 11.1. The van der Waals surface area contributed by atoms with Crippen molar-refractivity contribution in [3.8, 4) is 0 Å². The van der Waals surface area contributed by atoms with Crippen molar-refractivity contribution in [2.24, 2.45) is 0 Å². The fourth-order valence-corrected chi connectivity index (χ4v) is 2.22. The second-order valence-electron chi connectivity index (χ2n) is 4.58. The van der Waals surface area contributed by atoms with Gasteiger partial charge >= 0.3 is 6.18 Å². The van der Waals surface area contributed by atoms with Gasteiger partial charge in [0.2, 0.25) is 0 Å². The van der Waals surface area contributed by atoms with Crippen LogP contribution >= 0.6 is 15.9 Å². The number of nitrogens with one attached hydrogen (secondary N) is 1. The van der Waals surface area contributed by atoms with Gasteiger partial charge in [-0.25, -0.2) is 4.98 Å². The molecule has 0 aliphatic rings. The molecule has 1 aromatic heterocycles. The van der Waals surface area contributed by atoms with Gasteiger partial charge in [0.1, 0.15) is 5.82 Å². The van der Waals surface area contributed by atoms with Crippen LogP contribution in [0.3, 0.4) is 0 Å². The molecule has 3 nitrogen and oxygen atoms in total. The maximum Gasteiger partial charge on any atom is 0.419 e. The minimum absolute atomic E-state index is 0.208. The summed E-state index contributed by atoms with van der Waals surface area (Å²) in [6.45, 7) is 1.75. The number of hydrogen-bond donors (Lipinski definition) is 2. The minimum atomic E-state index is -4.48. The summed E-state index contributed by atoms with van der Waals surface area (Å²) in [5, 5.41) is 2.78. The monoisotopic (exact) mass is 359 g/mol. The second-order valence-corrected chi connectivity index (χ2v) is 5.50. The summed E-state index contributed by atoms with van der Waals surface area (Å²) in [5.41, 5.74) is 6.21. The third kappa shape index (κ3) is 3.87. The zero-order valence-corrected chi connectivity index (χ0v) is 12.7. The van der Waals surface area contributed by atoms with Gasteiger partial charge in [0.25, 0.3) is 0 Å². The highest BCUT2D eigenvalue weighted by atomic mass is 79.9. The normalized spacial score (nSPS) is 13.0. The van der Waals surface area contributed by atoms with E-state index < -0.39 is 11.7 Å².